The normalized spacial score (nSPS) is 25.6. The number of alkyl halides is 1. The van der Waals surface area contributed by atoms with Crippen LogP contribution in [0, 0.1) is 11.8 Å². The molecule has 0 spiro atoms. The van der Waals surface area contributed by atoms with Gasteiger partial charge in [-0.05, 0) is 24.7 Å². The summed E-state index contributed by atoms with van der Waals surface area (Å²) in [6, 6.07) is 0. The first-order chi connectivity index (χ1) is 8.55. The van der Waals surface area contributed by atoms with E-state index in [9.17, 15) is 8.42 Å². The fourth-order valence-corrected chi connectivity index (χ4v) is 4.76. The van der Waals surface area contributed by atoms with Gasteiger partial charge in [-0.3, -0.25) is 0 Å². The van der Waals surface area contributed by atoms with E-state index in [1.54, 1.807) is 0 Å². The minimum Gasteiger partial charge on any atom is -0.202 e. The van der Waals surface area contributed by atoms with E-state index in [2.05, 4.69) is 20.7 Å². The minimum absolute atomic E-state index is 0.475. The van der Waals surface area contributed by atoms with Crippen molar-refractivity contribution in [3.05, 3.63) is 0 Å². The van der Waals surface area contributed by atoms with E-state index in [1.165, 1.54) is 23.6 Å². The predicted octanol–water partition coefficient (Wildman–Crippen LogP) is 2.36. The molecule has 1 fully saturated rings. The zero-order valence-electron chi connectivity index (χ0n) is 11.4. The van der Waals surface area contributed by atoms with Crippen LogP contribution in [0.15, 0.2) is 0 Å². The summed E-state index contributed by atoms with van der Waals surface area (Å²) in [5.41, 5.74) is 0. The number of nitrogens with one attached hydrogen (secondary N) is 1. The first-order valence-electron chi connectivity index (χ1n) is 6.85. The van der Waals surface area contributed by atoms with Gasteiger partial charge in [-0.15, -0.1) is 0 Å². The molecular weight excluding hydrogens is 316 g/mol. The van der Waals surface area contributed by atoms with Crippen LogP contribution in [0.4, 0.5) is 0 Å². The molecule has 0 heterocycles. The molecule has 0 radical (unpaired) electrons. The smallest absolute Gasteiger partial charge is 0.202 e. The number of halogens is 1. The molecule has 0 aliphatic heterocycles. The Morgan fingerprint density at radius 2 is 1.72 bits per heavy atom. The summed E-state index contributed by atoms with van der Waals surface area (Å²) >= 11 is 3.54. The van der Waals surface area contributed by atoms with Crippen LogP contribution in [0.5, 0.6) is 0 Å². The minimum atomic E-state index is -3.29. The van der Waals surface area contributed by atoms with Crippen LogP contribution in [-0.4, -0.2) is 37.7 Å². The number of hydrogen-bond donors (Lipinski definition) is 1. The molecule has 18 heavy (non-hydrogen) atoms. The van der Waals surface area contributed by atoms with Gasteiger partial charge >= 0.3 is 0 Å². The highest BCUT2D eigenvalue weighted by Crippen LogP contribution is 2.30. The molecule has 0 saturated heterocycles. The molecule has 0 aromatic carbocycles. The van der Waals surface area contributed by atoms with Crippen molar-refractivity contribution < 1.29 is 8.42 Å². The largest absolute Gasteiger partial charge is 0.279 e. The molecule has 2 atom stereocenters. The van der Waals surface area contributed by atoms with Crippen LogP contribution in [0.1, 0.15) is 39.5 Å². The van der Waals surface area contributed by atoms with E-state index in [4.69, 9.17) is 0 Å². The lowest BCUT2D eigenvalue weighted by atomic mass is 9.80. The maximum absolute atomic E-state index is 12.0. The van der Waals surface area contributed by atoms with Gasteiger partial charge in [0.05, 0.1) is 0 Å². The maximum atomic E-state index is 12.0. The van der Waals surface area contributed by atoms with Crippen molar-refractivity contribution in [3.8, 4) is 0 Å². The molecule has 4 nitrogen and oxygen atoms in total. The first-order valence-corrected chi connectivity index (χ1v) is 9.42. The highest BCUT2D eigenvalue weighted by atomic mass is 79.9. The Kier molecular flexibility index (Phi) is 7.13. The molecule has 1 N–H and O–H groups in total. The Morgan fingerprint density at radius 3 is 2.22 bits per heavy atom. The molecule has 1 saturated carbocycles. The maximum Gasteiger partial charge on any atom is 0.279 e. The average Bonchev–Trinajstić information content (AvgIpc) is 2.38. The van der Waals surface area contributed by atoms with Crippen LogP contribution in [0.25, 0.3) is 0 Å². The SMILES string of the molecule is CCN(CC)S(=O)(=O)NCC1CCCCC1CBr. The van der Waals surface area contributed by atoms with Gasteiger partial charge in [0.25, 0.3) is 10.2 Å². The Bertz CT molecular complexity index is 331. The quantitative estimate of drug-likeness (QED) is 0.723. The molecule has 108 valence electrons. The molecule has 2 unspecified atom stereocenters. The number of nitrogens with zero attached hydrogens (tertiary/aromatic N) is 1. The fourth-order valence-electron chi connectivity index (χ4n) is 2.62. The Balaban J connectivity index is 2.52. The van der Waals surface area contributed by atoms with E-state index in [-0.39, 0.29) is 0 Å². The third-order valence-electron chi connectivity index (χ3n) is 3.84. The summed E-state index contributed by atoms with van der Waals surface area (Å²) in [5.74, 6) is 1.08. The van der Waals surface area contributed by atoms with Gasteiger partial charge in [0.1, 0.15) is 0 Å². The van der Waals surface area contributed by atoms with Gasteiger partial charge < -0.3 is 0 Å². The topological polar surface area (TPSA) is 49.4 Å². The van der Waals surface area contributed by atoms with Crippen molar-refractivity contribution in [2.45, 2.75) is 39.5 Å². The van der Waals surface area contributed by atoms with Crippen molar-refractivity contribution in [1.82, 2.24) is 9.03 Å². The van der Waals surface area contributed by atoms with Crippen molar-refractivity contribution in [2.75, 3.05) is 25.0 Å². The lowest BCUT2D eigenvalue weighted by molar-refractivity contribution is 0.261. The molecule has 1 aliphatic rings. The third kappa shape index (κ3) is 4.47. The van der Waals surface area contributed by atoms with Crippen LogP contribution in [0.3, 0.4) is 0 Å². The second kappa shape index (κ2) is 7.82. The molecule has 0 aromatic heterocycles. The standard InChI is InChI=1S/C12H25BrN2O2S/c1-3-15(4-2)18(16,17)14-10-12-8-6-5-7-11(12)9-13/h11-12,14H,3-10H2,1-2H3. The summed E-state index contributed by atoms with van der Waals surface area (Å²) in [5, 5.41) is 0.977. The molecule has 6 heteroatoms. The first kappa shape index (κ1) is 16.4. The van der Waals surface area contributed by atoms with Gasteiger partial charge in [0, 0.05) is 25.0 Å². The van der Waals surface area contributed by atoms with Crippen molar-refractivity contribution in [3.63, 3.8) is 0 Å². The molecule has 0 bridgehead atoms. The number of hydrogen-bond acceptors (Lipinski definition) is 2. The van der Waals surface area contributed by atoms with E-state index >= 15 is 0 Å². The van der Waals surface area contributed by atoms with Crippen LogP contribution in [0.2, 0.25) is 0 Å². The lowest BCUT2D eigenvalue weighted by Crippen LogP contribution is -2.43. The van der Waals surface area contributed by atoms with Crippen molar-refractivity contribution in [2.24, 2.45) is 11.8 Å². The zero-order chi connectivity index (χ0) is 13.6. The monoisotopic (exact) mass is 340 g/mol. The van der Waals surface area contributed by atoms with E-state index in [0.29, 0.717) is 31.5 Å². The van der Waals surface area contributed by atoms with E-state index < -0.39 is 10.2 Å². The van der Waals surface area contributed by atoms with Gasteiger partial charge in [-0.25, -0.2) is 4.72 Å². The summed E-state index contributed by atoms with van der Waals surface area (Å²) in [6.45, 7) is 5.36. The summed E-state index contributed by atoms with van der Waals surface area (Å²) < 4.78 is 28.3. The molecular formula is C12H25BrN2O2S. The van der Waals surface area contributed by atoms with Crippen molar-refractivity contribution >= 4 is 26.1 Å². The Hall–Kier alpha value is 0.350. The predicted molar refractivity (Wildman–Crippen MR) is 79.1 cm³/mol. The van der Waals surface area contributed by atoms with E-state index in [0.717, 1.165) is 11.8 Å². The summed E-state index contributed by atoms with van der Waals surface area (Å²) in [6.07, 6.45) is 4.84. The Morgan fingerprint density at radius 1 is 1.17 bits per heavy atom. The highest BCUT2D eigenvalue weighted by molar-refractivity contribution is 9.09. The Labute approximate surface area is 120 Å². The molecule has 0 amide bonds. The van der Waals surface area contributed by atoms with Crippen LogP contribution in [-0.2, 0) is 10.2 Å². The van der Waals surface area contributed by atoms with Gasteiger partial charge in [0.2, 0.25) is 0 Å². The number of rotatable bonds is 7. The second-order valence-electron chi connectivity index (χ2n) is 4.90. The van der Waals surface area contributed by atoms with Crippen molar-refractivity contribution in [1.29, 1.82) is 0 Å². The fraction of sp³-hybridized carbons (Fsp3) is 1.00. The van der Waals surface area contributed by atoms with Gasteiger partial charge in [-0.2, -0.15) is 12.7 Å². The summed E-state index contributed by atoms with van der Waals surface area (Å²) in [4.78, 5) is 0. The van der Waals surface area contributed by atoms with Crippen LogP contribution >= 0.6 is 15.9 Å². The van der Waals surface area contributed by atoms with Gasteiger partial charge in [-0.1, -0.05) is 42.6 Å². The summed E-state index contributed by atoms with van der Waals surface area (Å²) in [7, 11) is -3.29. The highest BCUT2D eigenvalue weighted by Gasteiger charge is 2.26. The van der Waals surface area contributed by atoms with E-state index in [1.807, 2.05) is 13.8 Å². The third-order valence-corrected chi connectivity index (χ3v) is 6.40. The van der Waals surface area contributed by atoms with Crippen LogP contribution < -0.4 is 4.72 Å². The molecule has 1 aliphatic carbocycles. The molecule has 0 aromatic rings. The van der Waals surface area contributed by atoms with Gasteiger partial charge in [0.15, 0.2) is 0 Å². The zero-order valence-corrected chi connectivity index (χ0v) is 13.8. The second-order valence-corrected chi connectivity index (χ2v) is 7.30. The average molecular weight is 341 g/mol. The molecule has 1 rings (SSSR count). The lowest BCUT2D eigenvalue weighted by Gasteiger charge is -2.31.